The summed E-state index contributed by atoms with van der Waals surface area (Å²) < 4.78 is 0. The van der Waals surface area contributed by atoms with Crippen LogP contribution in [0.15, 0.2) is 24.3 Å². The zero-order valence-corrected chi connectivity index (χ0v) is 30.2. The zero-order chi connectivity index (χ0) is 29.8. The molecule has 2 N–H and O–H groups in total. The van der Waals surface area contributed by atoms with Crippen molar-refractivity contribution in [3.05, 3.63) is 24.3 Å². The number of allylic oxidation sites excluding steroid dienone is 4. The summed E-state index contributed by atoms with van der Waals surface area (Å²) in [5.41, 5.74) is 0. The summed E-state index contributed by atoms with van der Waals surface area (Å²) in [6.07, 6.45) is 42.5. The Morgan fingerprint density at radius 1 is 0.390 bits per heavy atom. The second-order valence-corrected chi connectivity index (χ2v) is 11.5. The zero-order valence-electron chi connectivity index (χ0n) is 27.3. The van der Waals surface area contributed by atoms with Crippen LogP contribution in [0.1, 0.15) is 194 Å². The van der Waals surface area contributed by atoms with Gasteiger partial charge in [-0.25, -0.2) is 0 Å². The third kappa shape index (κ3) is 49.2. The Balaban J connectivity index is -0.000000688. The maximum Gasteiger partial charge on any atom is 0.303 e. The SMILES string of the molecule is CCCCCCCC/C=C\CCCCCCCC(=O)O.CCCCCCCC/C=C\CCCCCCCC(=O)O.[Sn]. The van der Waals surface area contributed by atoms with Crippen molar-refractivity contribution < 1.29 is 19.8 Å². The summed E-state index contributed by atoms with van der Waals surface area (Å²) in [5.74, 6) is -1.33. The molecule has 0 saturated carbocycles. The Hall–Kier alpha value is -0.781. The molecule has 0 bridgehead atoms. The third-order valence-corrected chi connectivity index (χ3v) is 7.30. The summed E-state index contributed by atoms with van der Waals surface area (Å²) in [7, 11) is 0. The first-order valence-corrected chi connectivity index (χ1v) is 17.3. The summed E-state index contributed by atoms with van der Waals surface area (Å²) in [4.78, 5) is 20.6. The molecule has 0 atom stereocenters. The minimum atomic E-state index is -0.664. The molecule has 4 nitrogen and oxygen atoms in total. The van der Waals surface area contributed by atoms with Crippen LogP contribution in [0.3, 0.4) is 0 Å². The maximum absolute atomic E-state index is 10.3. The first-order valence-electron chi connectivity index (χ1n) is 17.3. The van der Waals surface area contributed by atoms with Crippen molar-refractivity contribution >= 4 is 35.8 Å². The number of carbonyl (C=O) groups is 2. The van der Waals surface area contributed by atoms with Crippen LogP contribution in [0.2, 0.25) is 0 Å². The van der Waals surface area contributed by atoms with Gasteiger partial charge in [-0.1, -0.05) is 141 Å². The van der Waals surface area contributed by atoms with E-state index in [1.54, 1.807) is 0 Å². The van der Waals surface area contributed by atoms with Gasteiger partial charge in [-0.15, -0.1) is 0 Å². The van der Waals surface area contributed by atoms with E-state index in [9.17, 15) is 9.59 Å². The van der Waals surface area contributed by atoms with Gasteiger partial charge in [0, 0.05) is 36.7 Å². The number of hydrogen-bond donors (Lipinski definition) is 2. The third-order valence-electron chi connectivity index (χ3n) is 7.30. The van der Waals surface area contributed by atoms with Crippen LogP contribution in [0.4, 0.5) is 0 Å². The van der Waals surface area contributed by atoms with Gasteiger partial charge in [-0.2, -0.15) is 0 Å². The maximum atomic E-state index is 10.3. The quantitative estimate of drug-likeness (QED) is 0.0449. The van der Waals surface area contributed by atoms with Crippen molar-refractivity contribution in [2.75, 3.05) is 0 Å². The number of rotatable bonds is 30. The van der Waals surface area contributed by atoms with Gasteiger partial charge < -0.3 is 10.2 Å². The Labute approximate surface area is 272 Å². The number of carboxylic acids is 2. The Morgan fingerprint density at radius 2 is 0.610 bits per heavy atom. The molecule has 0 rings (SSSR count). The van der Waals surface area contributed by atoms with Crippen LogP contribution < -0.4 is 0 Å². The standard InChI is InChI=1S/2C18H34O2.Sn/c2*1-2-3-4-5-6-7-8-9-10-11-12-13-14-15-16-17-18(19)20;/h2*9-10H,2-8,11-17H2,1H3,(H,19,20);/b2*10-9-;. The van der Waals surface area contributed by atoms with Gasteiger partial charge in [0.15, 0.2) is 0 Å². The summed E-state index contributed by atoms with van der Waals surface area (Å²) in [5, 5.41) is 17.0. The molecule has 0 amide bonds. The fourth-order valence-corrected chi connectivity index (χ4v) is 4.69. The fourth-order valence-electron chi connectivity index (χ4n) is 4.69. The van der Waals surface area contributed by atoms with Crippen LogP contribution in [0.5, 0.6) is 0 Å². The van der Waals surface area contributed by atoms with Crippen LogP contribution in [0.25, 0.3) is 0 Å². The first kappa shape index (κ1) is 44.7. The Bertz CT molecular complexity index is 524. The minimum absolute atomic E-state index is 0. The molecular formula is C36H68O4Sn. The molecule has 0 aromatic heterocycles. The molecule has 0 aromatic rings. The molecule has 0 aliphatic heterocycles. The van der Waals surface area contributed by atoms with E-state index in [-0.39, 0.29) is 23.9 Å². The van der Waals surface area contributed by atoms with Crippen molar-refractivity contribution in [3.63, 3.8) is 0 Å². The largest absolute Gasteiger partial charge is 0.481 e. The van der Waals surface area contributed by atoms with Gasteiger partial charge in [-0.3, -0.25) is 9.59 Å². The van der Waals surface area contributed by atoms with Gasteiger partial charge in [0.1, 0.15) is 0 Å². The number of carboxylic acid groups (broad SMARTS) is 2. The predicted molar refractivity (Wildman–Crippen MR) is 180 cm³/mol. The van der Waals surface area contributed by atoms with Gasteiger partial charge in [-0.05, 0) is 64.2 Å². The molecule has 5 heteroatoms. The molecule has 0 fully saturated rings. The van der Waals surface area contributed by atoms with E-state index in [0.29, 0.717) is 12.8 Å². The van der Waals surface area contributed by atoms with Crippen molar-refractivity contribution in [2.24, 2.45) is 0 Å². The van der Waals surface area contributed by atoms with Gasteiger partial charge >= 0.3 is 11.9 Å². The van der Waals surface area contributed by atoms with E-state index in [1.807, 2.05) is 0 Å². The molecular weight excluding hydrogens is 615 g/mol. The molecule has 0 aliphatic carbocycles. The van der Waals surface area contributed by atoms with E-state index in [1.165, 1.54) is 141 Å². The molecule has 0 saturated heterocycles. The van der Waals surface area contributed by atoms with E-state index in [4.69, 9.17) is 10.2 Å². The number of hydrogen-bond acceptors (Lipinski definition) is 2. The molecule has 240 valence electrons. The fraction of sp³-hybridized carbons (Fsp3) is 0.833. The summed E-state index contributed by atoms with van der Waals surface area (Å²) in [6.45, 7) is 4.52. The average Bonchev–Trinajstić information content (AvgIpc) is 2.93. The average molecular weight is 684 g/mol. The van der Waals surface area contributed by atoms with Crippen LogP contribution in [-0.4, -0.2) is 46.1 Å². The van der Waals surface area contributed by atoms with Crippen molar-refractivity contribution in [2.45, 2.75) is 194 Å². The molecule has 41 heavy (non-hydrogen) atoms. The van der Waals surface area contributed by atoms with Gasteiger partial charge in [0.25, 0.3) is 0 Å². The van der Waals surface area contributed by atoms with E-state index < -0.39 is 11.9 Å². The van der Waals surface area contributed by atoms with Crippen molar-refractivity contribution in [3.8, 4) is 0 Å². The van der Waals surface area contributed by atoms with Gasteiger partial charge in [0.2, 0.25) is 0 Å². The van der Waals surface area contributed by atoms with Crippen molar-refractivity contribution in [1.82, 2.24) is 0 Å². The second kappa shape index (κ2) is 41.4. The molecule has 0 spiro atoms. The van der Waals surface area contributed by atoms with E-state index >= 15 is 0 Å². The van der Waals surface area contributed by atoms with E-state index in [2.05, 4.69) is 38.2 Å². The number of aliphatic carboxylic acids is 2. The van der Waals surface area contributed by atoms with E-state index in [0.717, 1.165) is 25.7 Å². The summed E-state index contributed by atoms with van der Waals surface area (Å²) in [6, 6.07) is 0. The normalized spacial score (nSPS) is 11.0. The minimum Gasteiger partial charge on any atom is -0.481 e. The van der Waals surface area contributed by atoms with Crippen LogP contribution in [0, 0.1) is 0 Å². The van der Waals surface area contributed by atoms with Crippen molar-refractivity contribution in [1.29, 1.82) is 0 Å². The smallest absolute Gasteiger partial charge is 0.303 e. The topological polar surface area (TPSA) is 74.6 Å². The summed E-state index contributed by atoms with van der Waals surface area (Å²) >= 11 is 0. The predicted octanol–water partition coefficient (Wildman–Crippen LogP) is 11.8. The second-order valence-electron chi connectivity index (χ2n) is 11.5. The van der Waals surface area contributed by atoms with Gasteiger partial charge in [0.05, 0.1) is 0 Å². The number of unbranched alkanes of at least 4 members (excludes halogenated alkanes) is 22. The Morgan fingerprint density at radius 3 is 0.854 bits per heavy atom. The molecule has 0 aliphatic rings. The van der Waals surface area contributed by atoms with Crippen LogP contribution >= 0.6 is 0 Å². The monoisotopic (exact) mass is 684 g/mol. The van der Waals surface area contributed by atoms with Crippen LogP contribution in [-0.2, 0) is 9.59 Å². The molecule has 0 unspecified atom stereocenters. The molecule has 0 heterocycles. The molecule has 0 aromatic carbocycles. The first-order chi connectivity index (χ1) is 19.5. The Kier molecular flexibility index (Phi) is 45.0. The molecule has 4 radical (unpaired) electrons.